The number of hydrogen-bond acceptors (Lipinski definition) is 3. The van der Waals surface area contributed by atoms with Crippen LogP contribution in [0.3, 0.4) is 0 Å². The highest BCUT2D eigenvalue weighted by molar-refractivity contribution is 5.14. The van der Waals surface area contributed by atoms with Gasteiger partial charge in [0.1, 0.15) is 0 Å². The average molecular weight is 243 g/mol. The maximum atomic E-state index is 11.5. The number of benzene rings is 1. The Morgan fingerprint density at radius 2 is 1.94 bits per heavy atom. The molecular weight excluding hydrogens is 226 g/mol. The molecule has 0 unspecified atom stereocenters. The van der Waals surface area contributed by atoms with E-state index in [1.165, 1.54) is 10.2 Å². The van der Waals surface area contributed by atoms with Crippen molar-refractivity contribution in [2.75, 3.05) is 6.54 Å². The molecule has 0 aliphatic rings. The lowest BCUT2D eigenvalue weighted by Gasteiger charge is -2.07. The predicted octanol–water partition coefficient (Wildman–Crippen LogP) is 1.34. The molecule has 0 amide bonds. The second-order valence-corrected chi connectivity index (χ2v) is 4.20. The van der Waals surface area contributed by atoms with Crippen LogP contribution in [0.4, 0.5) is 0 Å². The maximum absolute atomic E-state index is 11.5. The average Bonchev–Trinajstić information content (AvgIpc) is 2.40. The zero-order valence-corrected chi connectivity index (χ0v) is 10.5. The largest absolute Gasteiger partial charge is 0.311 e. The molecule has 0 bridgehead atoms. The number of aryl methyl sites for hydroxylation is 1. The molecule has 2 rings (SSSR count). The van der Waals surface area contributed by atoms with E-state index in [1.807, 2.05) is 25.1 Å². The van der Waals surface area contributed by atoms with Gasteiger partial charge < -0.3 is 5.32 Å². The normalized spacial score (nSPS) is 10.5. The van der Waals surface area contributed by atoms with Crippen LogP contribution in [-0.4, -0.2) is 16.3 Å². The van der Waals surface area contributed by atoms with Crippen molar-refractivity contribution in [2.45, 2.75) is 20.0 Å². The number of aromatic nitrogens is 2. The van der Waals surface area contributed by atoms with Crippen LogP contribution >= 0.6 is 0 Å². The van der Waals surface area contributed by atoms with E-state index < -0.39 is 0 Å². The summed E-state index contributed by atoms with van der Waals surface area (Å²) in [5.74, 6) is 0. The lowest BCUT2D eigenvalue weighted by Crippen LogP contribution is -2.28. The predicted molar refractivity (Wildman–Crippen MR) is 71.4 cm³/mol. The summed E-state index contributed by atoms with van der Waals surface area (Å²) in [5.41, 5.74) is 2.04. The van der Waals surface area contributed by atoms with E-state index >= 15 is 0 Å². The van der Waals surface area contributed by atoms with Gasteiger partial charge in [0.2, 0.25) is 0 Å². The van der Waals surface area contributed by atoms with Crippen LogP contribution in [-0.2, 0) is 13.1 Å². The summed E-state index contributed by atoms with van der Waals surface area (Å²) < 4.78 is 1.49. The molecule has 0 radical (unpaired) electrons. The molecule has 0 saturated carbocycles. The topological polar surface area (TPSA) is 46.9 Å². The highest BCUT2D eigenvalue weighted by Gasteiger charge is 1.97. The van der Waals surface area contributed by atoms with Gasteiger partial charge in [-0.2, -0.15) is 5.10 Å². The van der Waals surface area contributed by atoms with Gasteiger partial charge in [-0.05, 0) is 18.6 Å². The van der Waals surface area contributed by atoms with E-state index in [9.17, 15) is 4.79 Å². The van der Waals surface area contributed by atoms with Gasteiger partial charge in [-0.3, -0.25) is 4.79 Å². The summed E-state index contributed by atoms with van der Waals surface area (Å²) in [7, 11) is 0. The first-order chi connectivity index (χ1) is 8.75. The van der Waals surface area contributed by atoms with Crippen molar-refractivity contribution in [1.29, 1.82) is 0 Å². The Morgan fingerprint density at radius 3 is 2.72 bits per heavy atom. The molecule has 1 N–H and O–H groups in total. The standard InChI is InChI=1S/C14H17N3O/c1-12-7-8-14(18)17(16-12)10-9-15-11-13-5-3-2-4-6-13/h2-8,15H,9-11H2,1H3. The highest BCUT2D eigenvalue weighted by Crippen LogP contribution is 1.96. The highest BCUT2D eigenvalue weighted by atomic mass is 16.1. The van der Waals surface area contributed by atoms with E-state index in [-0.39, 0.29) is 5.56 Å². The maximum Gasteiger partial charge on any atom is 0.266 e. The minimum Gasteiger partial charge on any atom is -0.311 e. The molecular formula is C14H17N3O. The van der Waals surface area contributed by atoms with Crippen LogP contribution in [0.25, 0.3) is 0 Å². The van der Waals surface area contributed by atoms with Crippen molar-refractivity contribution in [2.24, 2.45) is 0 Å². The van der Waals surface area contributed by atoms with Crippen molar-refractivity contribution >= 4 is 0 Å². The lowest BCUT2D eigenvalue weighted by atomic mass is 10.2. The molecule has 4 heteroatoms. The molecule has 0 saturated heterocycles. The molecule has 2 aromatic rings. The Morgan fingerprint density at radius 1 is 1.17 bits per heavy atom. The van der Waals surface area contributed by atoms with Gasteiger partial charge in [0.05, 0.1) is 12.2 Å². The van der Waals surface area contributed by atoms with Crippen LogP contribution in [0, 0.1) is 6.92 Å². The Labute approximate surface area is 106 Å². The van der Waals surface area contributed by atoms with E-state index in [1.54, 1.807) is 12.1 Å². The number of nitrogens with zero attached hydrogens (tertiary/aromatic N) is 2. The monoisotopic (exact) mass is 243 g/mol. The number of nitrogens with one attached hydrogen (secondary N) is 1. The summed E-state index contributed by atoms with van der Waals surface area (Å²) in [5, 5.41) is 7.48. The van der Waals surface area contributed by atoms with Gasteiger partial charge in [-0.1, -0.05) is 30.3 Å². The second kappa shape index (κ2) is 6.12. The number of rotatable bonds is 5. The Bertz CT molecular complexity index is 548. The summed E-state index contributed by atoms with van der Waals surface area (Å²) in [6.45, 7) is 4.01. The van der Waals surface area contributed by atoms with Gasteiger partial charge in [0.15, 0.2) is 0 Å². The summed E-state index contributed by atoms with van der Waals surface area (Å²) in [6, 6.07) is 13.5. The van der Waals surface area contributed by atoms with Crippen LogP contribution in [0.1, 0.15) is 11.3 Å². The fourth-order valence-corrected chi connectivity index (χ4v) is 1.72. The van der Waals surface area contributed by atoms with Crippen molar-refractivity contribution in [3.63, 3.8) is 0 Å². The van der Waals surface area contributed by atoms with Crippen molar-refractivity contribution < 1.29 is 0 Å². The van der Waals surface area contributed by atoms with Gasteiger partial charge >= 0.3 is 0 Å². The van der Waals surface area contributed by atoms with E-state index in [2.05, 4.69) is 22.5 Å². The van der Waals surface area contributed by atoms with Crippen molar-refractivity contribution in [1.82, 2.24) is 15.1 Å². The van der Waals surface area contributed by atoms with E-state index in [0.717, 1.165) is 18.8 Å². The first kappa shape index (κ1) is 12.5. The first-order valence-electron chi connectivity index (χ1n) is 6.05. The molecule has 1 aromatic heterocycles. The third-order valence-electron chi connectivity index (χ3n) is 2.67. The zero-order valence-electron chi connectivity index (χ0n) is 10.5. The summed E-state index contributed by atoms with van der Waals surface area (Å²) >= 11 is 0. The minimum atomic E-state index is -0.0536. The fourth-order valence-electron chi connectivity index (χ4n) is 1.72. The Kier molecular flexibility index (Phi) is 4.25. The second-order valence-electron chi connectivity index (χ2n) is 4.20. The Hall–Kier alpha value is -1.94. The molecule has 0 atom stereocenters. The molecule has 1 heterocycles. The lowest BCUT2D eigenvalue weighted by molar-refractivity contribution is 0.527. The van der Waals surface area contributed by atoms with Gasteiger partial charge in [-0.25, -0.2) is 4.68 Å². The molecule has 1 aromatic carbocycles. The van der Waals surface area contributed by atoms with Crippen molar-refractivity contribution in [3.05, 3.63) is 64.1 Å². The van der Waals surface area contributed by atoms with Crippen LogP contribution in [0.2, 0.25) is 0 Å². The molecule has 18 heavy (non-hydrogen) atoms. The first-order valence-corrected chi connectivity index (χ1v) is 6.05. The van der Waals surface area contributed by atoms with Crippen LogP contribution in [0.5, 0.6) is 0 Å². The zero-order chi connectivity index (χ0) is 12.8. The van der Waals surface area contributed by atoms with Gasteiger partial charge in [-0.15, -0.1) is 0 Å². The molecule has 0 aliphatic carbocycles. The SMILES string of the molecule is Cc1ccc(=O)n(CCNCc2ccccc2)n1. The molecule has 0 fully saturated rings. The third-order valence-corrected chi connectivity index (χ3v) is 2.67. The molecule has 4 nitrogen and oxygen atoms in total. The van der Waals surface area contributed by atoms with Crippen LogP contribution < -0.4 is 10.9 Å². The quantitative estimate of drug-likeness (QED) is 0.806. The van der Waals surface area contributed by atoms with Gasteiger partial charge in [0, 0.05) is 19.2 Å². The summed E-state index contributed by atoms with van der Waals surface area (Å²) in [6.07, 6.45) is 0. The molecule has 0 spiro atoms. The number of hydrogen-bond donors (Lipinski definition) is 1. The molecule has 94 valence electrons. The fraction of sp³-hybridized carbons (Fsp3) is 0.286. The minimum absolute atomic E-state index is 0.0536. The van der Waals surface area contributed by atoms with E-state index in [4.69, 9.17) is 0 Å². The van der Waals surface area contributed by atoms with Crippen molar-refractivity contribution in [3.8, 4) is 0 Å². The van der Waals surface area contributed by atoms with Gasteiger partial charge in [0.25, 0.3) is 5.56 Å². The van der Waals surface area contributed by atoms with E-state index in [0.29, 0.717) is 6.54 Å². The molecule has 0 aliphatic heterocycles. The van der Waals surface area contributed by atoms with Crippen LogP contribution in [0.15, 0.2) is 47.3 Å². The Balaban J connectivity index is 1.82. The summed E-state index contributed by atoms with van der Waals surface area (Å²) in [4.78, 5) is 11.5. The third kappa shape index (κ3) is 3.53. The smallest absolute Gasteiger partial charge is 0.266 e.